The number of aryl methyl sites for hydroxylation is 2. The van der Waals surface area contributed by atoms with Crippen LogP contribution in [0.4, 0.5) is 0 Å². The predicted molar refractivity (Wildman–Crippen MR) is 76.4 cm³/mol. The van der Waals surface area contributed by atoms with Gasteiger partial charge in [0.1, 0.15) is 0 Å². The second-order valence-electron chi connectivity index (χ2n) is 4.67. The van der Waals surface area contributed by atoms with E-state index in [1.54, 1.807) is 6.20 Å². The van der Waals surface area contributed by atoms with Crippen LogP contribution in [0.1, 0.15) is 35.3 Å². The van der Waals surface area contributed by atoms with Crippen molar-refractivity contribution >= 4 is 0 Å². The SMILES string of the molecule is CCc1ccc(CC(NN)c2cnccc2C)nc1. The van der Waals surface area contributed by atoms with E-state index < -0.39 is 0 Å². The number of hydrazine groups is 1. The van der Waals surface area contributed by atoms with Crippen LogP contribution in [0.2, 0.25) is 0 Å². The van der Waals surface area contributed by atoms with E-state index in [1.807, 2.05) is 18.5 Å². The quantitative estimate of drug-likeness (QED) is 0.635. The van der Waals surface area contributed by atoms with Crippen LogP contribution in [0.5, 0.6) is 0 Å². The number of pyridine rings is 2. The Labute approximate surface area is 114 Å². The molecule has 2 aromatic rings. The first kappa shape index (κ1) is 13.6. The van der Waals surface area contributed by atoms with Crippen LogP contribution < -0.4 is 11.3 Å². The lowest BCUT2D eigenvalue weighted by atomic mass is 10.00. The molecule has 0 aromatic carbocycles. The van der Waals surface area contributed by atoms with Gasteiger partial charge in [0.2, 0.25) is 0 Å². The highest BCUT2D eigenvalue weighted by Gasteiger charge is 2.13. The minimum absolute atomic E-state index is 0.0358. The minimum atomic E-state index is 0.0358. The number of rotatable bonds is 5. The third-order valence-corrected chi connectivity index (χ3v) is 3.36. The molecule has 2 rings (SSSR count). The summed E-state index contributed by atoms with van der Waals surface area (Å²) in [6.45, 7) is 4.19. The van der Waals surface area contributed by atoms with Crippen LogP contribution >= 0.6 is 0 Å². The number of hydrogen-bond acceptors (Lipinski definition) is 4. The lowest BCUT2D eigenvalue weighted by Crippen LogP contribution is -2.30. The molecule has 4 heteroatoms. The Hall–Kier alpha value is -1.78. The van der Waals surface area contributed by atoms with E-state index in [-0.39, 0.29) is 6.04 Å². The maximum atomic E-state index is 5.67. The third kappa shape index (κ3) is 3.36. The summed E-state index contributed by atoms with van der Waals surface area (Å²) >= 11 is 0. The summed E-state index contributed by atoms with van der Waals surface area (Å²) in [7, 11) is 0. The van der Waals surface area contributed by atoms with E-state index >= 15 is 0 Å². The Balaban J connectivity index is 2.17. The summed E-state index contributed by atoms with van der Waals surface area (Å²) in [6.07, 6.45) is 7.35. The van der Waals surface area contributed by atoms with Gasteiger partial charge >= 0.3 is 0 Å². The summed E-state index contributed by atoms with van der Waals surface area (Å²) in [6, 6.07) is 6.21. The fourth-order valence-corrected chi connectivity index (χ4v) is 2.09. The fraction of sp³-hybridized carbons (Fsp3) is 0.333. The van der Waals surface area contributed by atoms with Crippen LogP contribution in [-0.4, -0.2) is 9.97 Å². The summed E-state index contributed by atoms with van der Waals surface area (Å²) in [5.74, 6) is 5.67. The van der Waals surface area contributed by atoms with Gasteiger partial charge in [-0.15, -0.1) is 0 Å². The summed E-state index contributed by atoms with van der Waals surface area (Å²) in [5.41, 5.74) is 7.44. The lowest BCUT2D eigenvalue weighted by Gasteiger charge is -2.17. The molecule has 3 N–H and O–H groups in total. The maximum Gasteiger partial charge on any atom is 0.0533 e. The molecule has 1 unspecified atom stereocenters. The lowest BCUT2D eigenvalue weighted by molar-refractivity contribution is 0.541. The molecule has 0 fully saturated rings. The summed E-state index contributed by atoms with van der Waals surface area (Å²) in [4.78, 5) is 8.64. The summed E-state index contributed by atoms with van der Waals surface area (Å²) in [5, 5.41) is 0. The second kappa shape index (κ2) is 6.41. The number of nitrogens with two attached hydrogens (primary N) is 1. The molecule has 19 heavy (non-hydrogen) atoms. The predicted octanol–water partition coefficient (Wildman–Crippen LogP) is 2.09. The number of nitrogens with one attached hydrogen (secondary N) is 1. The van der Waals surface area contributed by atoms with E-state index in [4.69, 9.17) is 5.84 Å². The van der Waals surface area contributed by atoms with Crippen molar-refractivity contribution in [2.75, 3.05) is 0 Å². The number of aromatic nitrogens is 2. The number of hydrogen-bond donors (Lipinski definition) is 2. The van der Waals surface area contributed by atoms with Gasteiger partial charge < -0.3 is 0 Å². The normalized spacial score (nSPS) is 12.4. The molecule has 0 bridgehead atoms. The smallest absolute Gasteiger partial charge is 0.0533 e. The molecule has 0 aliphatic rings. The largest absolute Gasteiger partial charge is 0.271 e. The van der Waals surface area contributed by atoms with Crippen LogP contribution in [0.15, 0.2) is 36.8 Å². The van der Waals surface area contributed by atoms with Crippen molar-refractivity contribution in [2.45, 2.75) is 32.7 Å². The average Bonchev–Trinajstić information content (AvgIpc) is 2.46. The fourth-order valence-electron chi connectivity index (χ4n) is 2.09. The molecule has 2 heterocycles. The van der Waals surface area contributed by atoms with Crippen molar-refractivity contribution in [1.82, 2.24) is 15.4 Å². The molecule has 0 spiro atoms. The number of nitrogens with zero attached hydrogens (tertiary/aromatic N) is 2. The van der Waals surface area contributed by atoms with Gasteiger partial charge in [0.05, 0.1) is 6.04 Å². The van der Waals surface area contributed by atoms with Gasteiger partial charge in [-0.2, -0.15) is 0 Å². The second-order valence-corrected chi connectivity index (χ2v) is 4.67. The first-order valence-electron chi connectivity index (χ1n) is 6.55. The molecule has 0 radical (unpaired) electrons. The van der Waals surface area contributed by atoms with Crippen molar-refractivity contribution in [3.8, 4) is 0 Å². The Morgan fingerprint density at radius 3 is 2.68 bits per heavy atom. The van der Waals surface area contributed by atoms with Gasteiger partial charge in [0.15, 0.2) is 0 Å². The molecule has 4 nitrogen and oxygen atoms in total. The highest BCUT2D eigenvalue weighted by Crippen LogP contribution is 2.19. The van der Waals surface area contributed by atoms with Crippen molar-refractivity contribution in [1.29, 1.82) is 0 Å². The molecule has 1 atom stereocenters. The van der Waals surface area contributed by atoms with Gasteiger partial charge in [-0.05, 0) is 42.2 Å². The van der Waals surface area contributed by atoms with Crippen LogP contribution in [0, 0.1) is 6.92 Å². The summed E-state index contributed by atoms with van der Waals surface area (Å²) < 4.78 is 0. The van der Waals surface area contributed by atoms with Gasteiger partial charge in [-0.3, -0.25) is 21.2 Å². The van der Waals surface area contributed by atoms with Gasteiger partial charge in [-0.25, -0.2) is 0 Å². The molecular weight excluding hydrogens is 236 g/mol. The highest BCUT2D eigenvalue weighted by atomic mass is 15.2. The van der Waals surface area contributed by atoms with Crippen molar-refractivity contribution in [2.24, 2.45) is 5.84 Å². The van der Waals surface area contributed by atoms with Crippen LogP contribution in [0.25, 0.3) is 0 Å². The molecule has 0 amide bonds. The van der Waals surface area contributed by atoms with Gasteiger partial charge in [0, 0.05) is 30.7 Å². The molecule has 0 saturated heterocycles. The minimum Gasteiger partial charge on any atom is -0.271 e. The van der Waals surface area contributed by atoms with E-state index in [0.717, 1.165) is 24.1 Å². The molecule has 100 valence electrons. The van der Waals surface area contributed by atoms with Gasteiger partial charge in [0.25, 0.3) is 0 Å². The zero-order valence-electron chi connectivity index (χ0n) is 11.4. The topological polar surface area (TPSA) is 63.8 Å². The molecule has 2 aromatic heterocycles. The van der Waals surface area contributed by atoms with Crippen LogP contribution in [0.3, 0.4) is 0 Å². The average molecular weight is 256 g/mol. The zero-order valence-corrected chi connectivity index (χ0v) is 11.4. The van der Waals surface area contributed by atoms with E-state index in [0.29, 0.717) is 0 Å². The molecular formula is C15H20N4. The monoisotopic (exact) mass is 256 g/mol. The van der Waals surface area contributed by atoms with E-state index in [2.05, 4.69) is 41.4 Å². The third-order valence-electron chi connectivity index (χ3n) is 3.36. The van der Waals surface area contributed by atoms with Crippen molar-refractivity contribution in [3.63, 3.8) is 0 Å². The Kier molecular flexibility index (Phi) is 4.60. The standard InChI is InChI=1S/C15H20N4/c1-3-12-4-5-13(18-9-12)8-15(19-16)14-10-17-7-6-11(14)2/h4-7,9-10,15,19H,3,8,16H2,1-2H3. The van der Waals surface area contributed by atoms with Crippen molar-refractivity contribution in [3.05, 3.63) is 59.2 Å². The Bertz CT molecular complexity index is 522. The first-order chi connectivity index (χ1) is 9.24. The zero-order chi connectivity index (χ0) is 13.7. The maximum absolute atomic E-state index is 5.67. The molecule has 0 saturated carbocycles. The molecule has 0 aliphatic carbocycles. The van der Waals surface area contributed by atoms with E-state index in [9.17, 15) is 0 Å². The molecule has 0 aliphatic heterocycles. The first-order valence-corrected chi connectivity index (χ1v) is 6.55. The Morgan fingerprint density at radius 2 is 2.11 bits per heavy atom. The van der Waals surface area contributed by atoms with Crippen molar-refractivity contribution < 1.29 is 0 Å². The Morgan fingerprint density at radius 1 is 1.26 bits per heavy atom. The highest BCUT2D eigenvalue weighted by molar-refractivity contribution is 5.26. The van der Waals surface area contributed by atoms with Crippen LogP contribution in [-0.2, 0) is 12.8 Å². The van der Waals surface area contributed by atoms with Gasteiger partial charge in [-0.1, -0.05) is 13.0 Å². The van der Waals surface area contributed by atoms with E-state index in [1.165, 1.54) is 11.1 Å².